The van der Waals surface area contributed by atoms with Crippen molar-refractivity contribution in [1.29, 1.82) is 0 Å². The molecule has 1 heterocycles. The van der Waals surface area contributed by atoms with E-state index in [-0.39, 0.29) is 22.5 Å². The van der Waals surface area contributed by atoms with E-state index in [0.29, 0.717) is 13.1 Å². The van der Waals surface area contributed by atoms with Crippen molar-refractivity contribution in [3.05, 3.63) is 93.0 Å². The highest BCUT2D eigenvalue weighted by molar-refractivity contribution is 6.33. The lowest BCUT2D eigenvalue weighted by molar-refractivity contribution is -0.137. The standard InChI is InChI=1S/C33H33Cl2F3N2O3/c1-32(2)13-12-22(26(19-32)21-6-8-23(34)9-7-21)20-39-14-16-40(17-15-39)24-10-11-25(31(41)42)29(18-24)43-28-5-3-4-27(30(28)35)33(36,37)38/h3-11,18H,12-17,19-20H2,1-2H3,(H,41,42). The molecule has 0 unspecified atom stereocenters. The molecule has 43 heavy (non-hydrogen) atoms. The number of anilines is 1. The van der Waals surface area contributed by atoms with Gasteiger partial charge in [0.25, 0.3) is 0 Å². The highest BCUT2D eigenvalue weighted by atomic mass is 35.5. The van der Waals surface area contributed by atoms with Gasteiger partial charge < -0.3 is 14.7 Å². The van der Waals surface area contributed by atoms with Crippen LogP contribution in [0.4, 0.5) is 18.9 Å². The molecule has 10 heteroatoms. The zero-order chi connectivity index (χ0) is 30.9. The number of nitrogens with zero attached hydrogens (tertiary/aromatic N) is 2. The molecular formula is C33H33Cl2F3N2O3. The quantitative estimate of drug-likeness (QED) is 0.281. The Kier molecular flexibility index (Phi) is 9.02. The lowest BCUT2D eigenvalue weighted by atomic mass is 9.72. The van der Waals surface area contributed by atoms with Crippen molar-refractivity contribution < 1.29 is 27.8 Å². The van der Waals surface area contributed by atoms with Crippen molar-refractivity contribution in [3.8, 4) is 11.5 Å². The number of rotatable bonds is 7. The minimum Gasteiger partial charge on any atom is -0.478 e. The molecule has 1 aliphatic carbocycles. The third-order valence-electron chi connectivity index (χ3n) is 8.21. The van der Waals surface area contributed by atoms with Crippen LogP contribution in [0.3, 0.4) is 0 Å². The molecule has 3 aromatic carbocycles. The van der Waals surface area contributed by atoms with E-state index in [1.807, 2.05) is 12.1 Å². The van der Waals surface area contributed by atoms with Crippen LogP contribution >= 0.6 is 23.2 Å². The van der Waals surface area contributed by atoms with E-state index in [9.17, 15) is 23.1 Å². The number of alkyl halides is 3. The van der Waals surface area contributed by atoms with Crippen molar-refractivity contribution in [2.45, 2.75) is 39.3 Å². The Balaban J connectivity index is 1.32. The minimum absolute atomic E-state index is 0.0729. The van der Waals surface area contributed by atoms with Gasteiger partial charge in [0, 0.05) is 49.5 Å². The van der Waals surface area contributed by atoms with Crippen molar-refractivity contribution >= 4 is 40.4 Å². The summed E-state index contributed by atoms with van der Waals surface area (Å²) in [7, 11) is 0. The fourth-order valence-electron chi connectivity index (χ4n) is 5.79. The molecule has 0 saturated carbocycles. The van der Waals surface area contributed by atoms with Crippen LogP contribution in [0.2, 0.25) is 10.0 Å². The van der Waals surface area contributed by atoms with E-state index >= 15 is 0 Å². The molecule has 0 spiro atoms. The van der Waals surface area contributed by atoms with Crippen LogP contribution < -0.4 is 9.64 Å². The zero-order valence-electron chi connectivity index (χ0n) is 24.0. The SMILES string of the molecule is CC1(C)CCC(CN2CCN(c3ccc(C(=O)O)c(Oc4cccc(C(F)(F)F)c4Cl)c3)CC2)=C(c2ccc(Cl)cc2)C1. The average molecular weight is 634 g/mol. The molecule has 1 N–H and O–H groups in total. The third kappa shape index (κ3) is 7.31. The number of piperazine rings is 1. The molecular weight excluding hydrogens is 600 g/mol. The number of halogens is 5. The normalized spacial score (nSPS) is 17.7. The van der Waals surface area contributed by atoms with E-state index in [0.717, 1.165) is 55.7 Å². The molecule has 1 saturated heterocycles. The average Bonchev–Trinajstić information content (AvgIpc) is 2.95. The maximum absolute atomic E-state index is 13.4. The third-order valence-corrected chi connectivity index (χ3v) is 8.86. The van der Waals surface area contributed by atoms with E-state index in [4.69, 9.17) is 27.9 Å². The Bertz CT molecular complexity index is 1530. The van der Waals surface area contributed by atoms with E-state index < -0.39 is 22.7 Å². The smallest absolute Gasteiger partial charge is 0.417 e. The number of allylic oxidation sites excluding steroid dienone is 1. The number of benzene rings is 3. The number of aromatic carboxylic acids is 1. The van der Waals surface area contributed by atoms with Gasteiger partial charge in [0.1, 0.15) is 17.1 Å². The minimum atomic E-state index is -4.67. The first-order valence-electron chi connectivity index (χ1n) is 14.2. The molecule has 0 bridgehead atoms. The Morgan fingerprint density at radius 1 is 0.977 bits per heavy atom. The summed E-state index contributed by atoms with van der Waals surface area (Å²) in [6, 6.07) is 16.1. The van der Waals surface area contributed by atoms with Gasteiger partial charge in [-0.2, -0.15) is 13.2 Å². The second-order valence-electron chi connectivity index (χ2n) is 11.9. The predicted octanol–water partition coefficient (Wildman–Crippen LogP) is 9.29. The first-order valence-corrected chi connectivity index (χ1v) is 14.9. The van der Waals surface area contributed by atoms with E-state index in [1.165, 1.54) is 34.9 Å². The highest BCUT2D eigenvalue weighted by Gasteiger charge is 2.35. The molecule has 1 aliphatic heterocycles. The number of hydrogen-bond acceptors (Lipinski definition) is 4. The number of carboxylic acid groups (broad SMARTS) is 1. The molecule has 0 atom stereocenters. The molecule has 5 rings (SSSR count). The number of hydrogen-bond donors (Lipinski definition) is 1. The Labute approximate surface area is 259 Å². The molecule has 0 aromatic heterocycles. The summed E-state index contributed by atoms with van der Waals surface area (Å²) in [5, 5.41) is 9.81. The molecule has 0 amide bonds. The summed E-state index contributed by atoms with van der Waals surface area (Å²) in [6.07, 6.45) is -1.49. The van der Waals surface area contributed by atoms with Gasteiger partial charge in [0.05, 0.1) is 10.6 Å². The van der Waals surface area contributed by atoms with Crippen LogP contribution in [-0.2, 0) is 6.18 Å². The number of carbonyl (C=O) groups is 1. The Hall–Kier alpha value is -3.20. The van der Waals surface area contributed by atoms with Crippen LogP contribution in [0.1, 0.15) is 54.6 Å². The van der Waals surface area contributed by atoms with Gasteiger partial charge in [-0.25, -0.2) is 4.79 Å². The summed E-state index contributed by atoms with van der Waals surface area (Å²) in [5.41, 5.74) is 3.81. The van der Waals surface area contributed by atoms with Gasteiger partial charge in [0.2, 0.25) is 0 Å². The second-order valence-corrected chi connectivity index (χ2v) is 12.7. The van der Waals surface area contributed by atoms with Crippen LogP contribution in [0.15, 0.2) is 66.2 Å². The fourth-order valence-corrected chi connectivity index (χ4v) is 6.19. The summed E-state index contributed by atoms with van der Waals surface area (Å²) in [4.78, 5) is 16.5. The molecule has 228 valence electrons. The van der Waals surface area contributed by atoms with Gasteiger partial charge >= 0.3 is 12.1 Å². The van der Waals surface area contributed by atoms with Crippen LogP contribution in [0.5, 0.6) is 11.5 Å². The maximum atomic E-state index is 13.4. The molecule has 2 aliphatic rings. The number of ether oxygens (including phenoxy) is 1. The van der Waals surface area contributed by atoms with Crippen molar-refractivity contribution in [3.63, 3.8) is 0 Å². The first-order chi connectivity index (χ1) is 20.3. The molecule has 5 nitrogen and oxygen atoms in total. The fraction of sp³-hybridized carbons (Fsp3) is 0.364. The van der Waals surface area contributed by atoms with Crippen molar-refractivity contribution in [2.24, 2.45) is 5.41 Å². The summed E-state index contributed by atoms with van der Waals surface area (Å²) in [6.45, 7) is 8.51. The molecule has 0 radical (unpaired) electrons. The van der Waals surface area contributed by atoms with E-state index in [1.54, 1.807) is 12.1 Å². The topological polar surface area (TPSA) is 53.0 Å². The van der Waals surface area contributed by atoms with Crippen LogP contribution in [0, 0.1) is 5.41 Å². The van der Waals surface area contributed by atoms with Gasteiger partial charge in [-0.3, -0.25) is 4.90 Å². The Morgan fingerprint density at radius 2 is 1.67 bits per heavy atom. The summed E-state index contributed by atoms with van der Waals surface area (Å²) < 4.78 is 45.8. The highest BCUT2D eigenvalue weighted by Crippen LogP contribution is 2.44. The van der Waals surface area contributed by atoms with Gasteiger partial charge in [-0.05, 0) is 72.2 Å². The molecule has 1 fully saturated rings. The van der Waals surface area contributed by atoms with Gasteiger partial charge in [0.15, 0.2) is 0 Å². The molecule has 3 aromatic rings. The summed E-state index contributed by atoms with van der Waals surface area (Å²) >= 11 is 12.2. The maximum Gasteiger partial charge on any atom is 0.417 e. The van der Waals surface area contributed by atoms with Crippen LogP contribution in [0.25, 0.3) is 5.57 Å². The lowest BCUT2D eigenvalue weighted by Gasteiger charge is -2.39. The van der Waals surface area contributed by atoms with Gasteiger partial charge in [-0.1, -0.05) is 60.8 Å². The predicted molar refractivity (Wildman–Crippen MR) is 165 cm³/mol. The summed E-state index contributed by atoms with van der Waals surface area (Å²) in [5.74, 6) is -1.59. The van der Waals surface area contributed by atoms with Crippen molar-refractivity contribution in [2.75, 3.05) is 37.6 Å². The van der Waals surface area contributed by atoms with E-state index in [2.05, 4.69) is 35.8 Å². The van der Waals surface area contributed by atoms with Gasteiger partial charge in [-0.15, -0.1) is 0 Å². The Morgan fingerprint density at radius 3 is 2.33 bits per heavy atom. The monoisotopic (exact) mass is 632 g/mol. The number of carboxylic acids is 1. The first kappa shape index (κ1) is 31.2. The van der Waals surface area contributed by atoms with Crippen LogP contribution in [-0.4, -0.2) is 48.7 Å². The van der Waals surface area contributed by atoms with Crippen molar-refractivity contribution in [1.82, 2.24) is 4.90 Å². The largest absolute Gasteiger partial charge is 0.478 e. The zero-order valence-corrected chi connectivity index (χ0v) is 25.5. The lowest BCUT2D eigenvalue weighted by Crippen LogP contribution is -2.47. The second kappa shape index (κ2) is 12.4.